The molecule has 0 aliphatic carbocycles. The van der Waals surface area contributed by atoms with Gasteiger partial charge in [-0.3, -0.25) is 19.5 Å². The van der Waals surface area contributed by atoms with E-state index in [4.69, 9.17) is 9.73 Å². The lowest BCUT2D eigenvalue weighted by molar-refractivity contribution is 0.0652. The molecule has 0 saturated carbocycles. The molecule has 2 heterocycles. The molecule has 1 saturated heterocycles. The average molecular weight is 576 g/mol. The van der Waals surface area contributed by atoms with Gasteiger partial charge in [0.05, 0.1) is 18.2 Å². The molecule has 8 heteroatoms. The second kappa shape index (κ2) is 12.2. The lowest BCUT2D eigenvalue weighted by Crippen LogP contribution is -2.40. The molecule has 0 radical (unpaired) electrons. The summed E-state index contributed by atoms with van der Waals surface area (Å²) in [6.45, 7) is 5.90. The number of ether oxygens (including phenoxy) is 1. The van der Waals surface area contributed by atoms with Crippen LogP contribution in [-0.2, 0) is 0 Å². The third-order valence-electron chi connectivity index (χ3n) is 6.34. The lowest BCUT2D eigenvalue weighted by Gasteiger charge is -2.22. The zero-order valence-corrected chi connectivity index (χ0v) is 22.2. The number of carbonyl (C=O) groups excluding carboxylic acids is 2. The van der Waals surface area contributed by atoms with Crippen molar-refractivity contribution in [1.82, 2.24) is 15.1 Å². The molecule has 182 valence electrons. The first-order valence-electron chi connectivity index (χ1n) is 11.7. The maximum absolute atomic E-state index is 12.5. The number of aliphatic imine (C=N–C) groups is 1. The number of benzene rings is 2. The topological polar surface area (TPSA) is 74.2 Å². The number of nitrogens with one attached hydrogen (secondary N) is 1. The highest BCUT2D eigenvalue weighted by molar-refractivity contribution is 14.0. The molecular formula is C26H33IN4O3. The van der Waals surface area contributed by atoms with Crippen LogP contribution in [0.5, 0.6) is 5.75 Å². The Balaban J connectivity index is 0.00000324. The quantitative estimate of drug-likeness (QED) is 0.168. The van der Waals surface area contributed by atoms with Crippen LogP contribution in [0.2, 0.25) is 0 Å². The van der Waals surface area contributed by atoms with Gasteiger partial charge >= 0.3 is 0 Å². The Bertz CT molecular complexity index is 990. The predicted molar refractivity (Wildman–Crippen MR) is 144 cm³/mol. The highest BCUT2D eigenvalue weighted by atomic mass is 127. The molecule has 7 nitrogen and oxygen atoms in total. The van der Waals surface area contributed by atoms with Crippen LogP contribution in [0, 0.1) is 0 Å². The van der Waals surface area contributed by atoms with Crippen LogP contribution in [0.4, 0.5) is 0 Å². The molecule has 1 atom stereocenters. The molecule has 1 unspecified atom stereocenters. The minimum absolute atomic E-state index is 0. The lowest BCUT2D eigenvalue weighted by atomic mass is 9.98. The molecule has 4 rings (SSSR count). The number of methoxy groups -OCH3 is 1. The second-order valence-corrected chi connectivity index (χ2v) is 8.46. The van der Waals surface area contributed by atoms with Crippen LogP contribution in [0.15, 0.2) is 53.5 Å². The van der Waals surface area contributed by atoms with E-state index >= 15 is 0 Å². The fraction of sp³-hybridized carbons (Fsp3) is 0.423. The summed E-state index contributed by atoms with van der Waals surface area (Å²) >= 11 is 0. The molecule has 0 bridgehead atoms. The van der Waals surface area contributed by atoms with Crippen LogP contribution in [0.25, 0.3) is 0 Å². The number of halogens is 1. The zero-order valence-electron chi connectivity index (χ0n) is 19.8. The molecule has 2 aromatic rings. The second-order valence-electron chi connectivity index (χ2n) is 8.46. The number of guanidine groups is 1. The molecule has 0 spiro atoms. The van der Waals surface area contributed by atoms with E-state index in [-0.39, 0.29) is 35.8 Å². The van der Waals surface area contributed by atoms with E-state index in [1.807, 2.05) is 12.1 Å². The van der Waals surface area contributed by atoms with Gasteiger partial charge < -0.3 is 15.0 Å². The van der Waals surface area contributed by atoms with E-state index in [0.29, 0.717) is 30.1 Å². The van der Waals surface area contributed by atoms with Crippen molar-refractivity contribution < 1.29 is 14.3 Å². The van der Waals surface area contributed by atoms with Crippen molar-refractivity contribution in [2.24, 2.45) is 4.99 Å². The van der Waals surface area contributed by atoms with Gasteiger partial charge in [0, 0.05) is 38.6 Å². The molecule has 2 amide bonds. The van der Waals surface area contributed by atoms with E-state index in [2.05, 4.69) is 29.3 Å². The van der Waals surface area contributed by atoms with Gasteiger partial charge in [-0.25, -0.2) is 0 Å². The molecule has 1 fully saturated rings. The number of hydrogen-bond donors (Lipinski definition) is 1. The van der Waals surface area contributed by atoms with E-state index < -0.39 is 0 Å². The third kappa shape index (κ3) is 5.71. The van der Waals surface area contributed by atoms with Gasteiger partial charge in [-0.15, -0.1) is 24.0 Å². The third-order valence-corrected chi connectivity index (χ3v) is 6.34. The van der Waals surface area contributed by atoms with Crippen molar-refractivity contribution in [2.75, 3.05) is 39.8 Å². The standard InChI is InChI=1S/C26H32N4O3.HI/c1-3-27-26(29-17-14-20(18-29)19-10-12-21(33-2)13-11-19)28-15-6-7-16-30-24(31)22-8-4-5-9-23(22)25(30)32;/h4-5,8-13,20H,3,6-7,14-18H2,1-2H3,(H,27,28);1H. The first-order valence-corrected chi connectivity index (χ1v) is 11.7. The predicted octanol–water partition coefficient (Wildman–Crippen LogP) is 4.14. The van der Waals surface area contributed by atoms with E-state index in [1.54, 1.807) is 31.4 Å². The van der Waals surface area contributed by atoms with Crippen LogP contribution in [0.1, 0.15) is 58.4 Å². The summed E-state index contributed by atoms with van der Waals surface area (Å²) in [5.41, 5.74) is 2.35. The zero-order chi connectivity index (χ0) is 23.2. The smallest absolute Gasteiger partial charge is 0.261 e. The molecule has 0 aromatic heterocycles. The summed E-state index contributed by atoms with van der Waals surface area (Å²) in [5, 5.41) is 3.41. The fourth-order valence-corrected chi connectivity index (χ4v) is 4.54. The Labute approximate surface area is 218 Å². The summed E-state index contributed by atoms with van der Waals surface area (Å²) in [4.78, 5) is 33.4. The Morgan fingerprint density at radius 1 is 1.06 bits per heavy atom. The van der Waals surface area contributed by atoms with Crippen molar-refractivity contribution in [3.8, 4) is 5.75 Å². The van der Waals surface area contributed by atoms with Crippen LogP contribution >= 0.6 is 24.0 Å². The Morgan fingerprint density at radius 3 is 2.35 bits per heavy atom. The number of imide groups is 1. The summed E-state index contributed by atoms with van der Waals surface area (Å²) in [5.74, 6) is 1.93. The monoisotopic (exact) mass is 576 g/mol. The van der Waals surface area contributed by atoms with Gasteiger partial charge in [-0.2, -0.15) is 0 Å². The van der Waals surface area contributed by atoms with Gasteiger partial charge in [-0.1, -0.05) is 24.3 Å². The normalized spacial score (nSPS) is 17.6. The number of unbranched alkanes of at least 4 members (excludes halogenated alkanes) is 1. The number of rotatable bonds is 8. The summed E-state index contributed by atoms with van der Waals surface area (Å²) < 4.78 is 5.27. The molecule has 2 aromatic carbocycles. The number of hydrogen-bond acceptors (Lipinski definition) is 4. The van der Waals surface area contributed by atoms with Gasteiger partial charge in [0.1, 0.15) is 5.75 Å². The van der Waals surface area contributed by atoms with Crippen molar-refractivity contribution in [3.05, 3.63) is 65.2 Å². The summed E-state index contributed by atoms with van der Waals surface area (Å²) in [7, 11) is 1.69. The first-order chi connectivity index (χ1) is 16.1. The minimum Gasteiger partial charge on any atom is -0.497 e. The van der Waals surface area contributed by atoms with Crippen molar-refractivity contribution in [1.29, 1.82) is 0 Å². The van der Waals surface area contributed by atoms with E-state index in [1.165, 1.54) is 10.5 Å². The fourth-order valence-electron chi connectivity index (χ4n) is 4.54. The SMILES string of the molecule is CCNC(=NCCCCN1C(=O)c2ccccc2C1=O)N1CCC(c2ccc(OC)cc2)C1.I. The molecule has 34 heavy (non-hydrogen) atoms. The maximum Gasteiger partial charge on any atom is 0.261 e. The highest BCUT2D eigenvalue weighted by Crippen LogP contribution is 2.28. The number of amides is 2. The van der Waals surface area contributed by atoms with Crippen LogP contribution in [-0.4, -0.2) is 67.4 Å². The Kier molecular flexibility index (Phi) is 9.32. The van der Waals surface area contributed by atoms with Crippen molar-refractivity contribution in [2.45, 2.75) is 32.1 Å². The highest BCUT2D eigenvalue weighted by Gasteiger charge is 2.34. The Morgan fingerprint density at radius 2 is 1.74 bits per heavy atom. The van der Waals surface area contributed by atoms with E-state index in [0.717, 1.165) is 50.6 Å². The van der Waals surface area contributed by atoms with E-state index in [9.17, 15) is 9.59 Å². The minimum atomic E-state index is -0.186. The molecule has 2 aliphatic rings. The van der Waals surface area contributed by atoms with Crippen molar-refractivity contribution in [3.63, 3.8) is 0 Å². The van der Waals surface area contributed by atoms with Crippen molar-refractivity contribution >= 4 is 41.8 Å². The largest absolute Gasteiger partial charge is 0.497 e. The molecule has 1 N–H and O–H groups in total. The molecule has 2 aliphatic heterocycles. The molecular weight excluding hydrogens is 543 g/mol. The number of carbonyl (C=O) groups is 2. The summed E-state index contributed by atoms with van der Waals surface area (Å²) in [6.07, 6.45) is 2.65. The van der Waals surface area contributed by atoms with Gasteiger partial charge in [0.15, 0.2) is 5.96 Å². The van der Waals surface area contributed by atoms with Crippen LogP contribution < -0.4 is 10.1 Å². The van der Waals surface area contributed by atoms with Crippen LogP contribution in [0.3, 0.4) is 0 Å². The number of likely N-dealkylation sites (tertiary alicyclic amines) is 1. The van der Waals surface area contributed by atoms with Gasteiger partial charge in [0.25, 0.3) is 11.8 Å². The Hall–Kier alpha value is -2.62. The van der Waals surface area contributed by atoms with Gasteiger partial charge in [0.2, 0.25) is 0 Å². The average Bonchev–Trinajstić information content (AvgIpc) is 3.43. The van der Waals surface area contributed by atoms with Gasteiger partial charge in [-0.05, 0) is 56.0 Å². The maximum atomic E-state index is 12.5. The first kappa shape index (κ1) is 26.0. The summed E-state index contributed by atoms with van der Waals surface area (Å²) in [6, 6.07) is 15.4. The number of nitrogens with zero attached hydrogens (tertiary/aromatic N) is 3. The number of fused-ring (bicyclic) bond motifs is 1.